The van der Waals surface area contributed by atoms with Crippen molar-refractivity contribution in [3.8, 4) is 0 Å². The molecule has 2 atom stereocenters. The molecule has 1 saturated heterocycles. The molecule has 0 aliphatic carbocycles. The number of likely N-dealkylation sites (N-methyl/N-ethyl adjacent to an activating group) is 1. The number of ether oxygens (including phenoxy) is 1. The van der Waals surface area contributed by atoms with Gasteiger partial charge in [0.15, 0.2) is 0 Å². The van der Waals surface area contributed by atoms with Gasteiger partial charge in [0.05, 0.1) is 6.10 Å². The fraction of sp³-hybridized carbons (Fsp3) is 0.500. The van der Waals surface area contributed by atoms with Crippen LogP contribution in [0, 0.1) is 11.6 Å². The molecular formula is C14H18F2N2O2. The van der Waals surface area contributed by atoms with E-state index in [9.17, 15) is 13.6 Å². The molecule has 1 amide bonds. The third-order valence-corrected chi connectivity index (χ3v) is 3.44. The Kier molecular flexibility index (Phi) is 4.67. The molecule has 1 fully saturated rings. The van der Waals surface area contributed by atoms with E-state index >= 15 is 0 Å². The smallest absolute Gasteiger partial charge is 0.251 e. The Morgan fingerprint density at radius 3 is 2.80 bits per heavy atom. The van der Waals surface area contributed by atoms with Gasteiger partial charge in [-0.3, -0.25) is 4.79 Å². The Labute approximate surface area is 116 Å². The zero-order chi connectivity index (χ0) is 14.7. The first kappa shape index (κ1) is 14.9. The van der Waals surface area contributed by atoms with Gasteiger partial charge in [0.2, 0.25) is 0 Å². The highest BCUT2D eigenvalue weighted by Crippen LogP contribution is 2.21. The molecule has 2 rings (SSSR count). The van der Waals surface area contributed by atoms with Crippen molar-refractivity contribution in [3.63, 3.8) is 0 Å². The van der Waals surface area contributed by atoms with Gasteiger partial charge in [-0.15, -0.1) is 0 Å². The third kappa shape index (κ3) is 3.32. The SMILES string of the molecule is CN(Cc1ccc(F)cc1F)C(=O)C1CCC(CN)O1. The Balaban J connectivity index is 1.97. The van der Waals surface area contributed by atoms with E-state index in [1.807, 2.05) is 0 Å². The predicted octanol–water partition coefficient (Wildman–Crippen LogP) is 1.43. The highest BCUT2D eigenvalue weighted by molar-refractivity contribution is 5.81. The highest BCUT2D eigenvalue weighted by Gasteiger charge is 2.31. The van der Waals surface area contributed by atoms with Crippen molar-refractivity contribution < 1.29 is 18.3 Å². The van der Waals surface area contributed by atoms with Crippen LogP contribution in [-0.2, 0) is 16.1 Å². The van der Waals surface area contributed by atoms with Crippen molar-refractivity contribution in [2.45, 2.75) is 31.6 Å². The van der Waals surface area contributed by atoms with Crippen molar-refractivity contribution in [2.75, 3.05) is 13.6 Å². The molecule has 2 unspecified atom stereocenters. The van der Waals surface area contributed by atoms with E-state index in [1.54, 1.807) is 7.05 Å². The summed E-state index contributed by atoms with van der Waals surface area (Å²) in [5, 5.41) is 0. The molecule has 4 nitrogen and oxygen atoms in total. The van der Waals surface area contributed by atoms with Gasteiger partial charge in [0, 0.05) is 31.8 Å². The number of nitrogens with two attached hydrogens (primary N) is 1. The first-order valence-electron chi connectivity index (χ1n) is 6.55. The number of carbonyl (C=O) groups excluding carboxylic acids is 1. The molecule has 1 heterocycles. The summed E-state index contributed by atoms with van der Waals surface area (Å²) in [4.78, 5) is 13.5. The number of carbonyl (C=O) groups is 1. The summed E-state index contributed by atoms with van der Waals surface area (Å²) in [5.41, 5.74) is 5.77. The van der Waals surface area contributed by atoms with E-state index in [4.69, 9.17) is 10.5 Å². The summed E-state index contributed by atoms with van der Waals surface area (Å²) in [6, 6.07) is 3.32. The topological polar surface area (TPSA) is 55.6 Å². The Hall–Kier alpha value is -1.53. The van der Waals surface area contributed by atoms with Gasteiger partial charge in [-0.05, 0) is 18.9 Å². The highest BCUT2D eigenvalue weighted by atomic mass is 19.1. The van der Waals surface area contributed by atoms with Crippen LogP contribution in [0.4, 0.5) is 8.78 Å². The molecule has 1 aliphatic rings. The molecule has 0 bridgehead atoms. The predicted molar refractivity (Wildman–Crippen MR) is 69.8 cm³/mol. The second-order valence-electron chi connectivity index (χ2n) is 4.99. The maximum absolute atomic E-state index is 13.5. The van der Waals surface area contributed by atoms with E-state index in [2.05, 4.69) is 0 Å². The van der Waals surface area contributed by atoms with Crippen LogP contribution in [0.3, 0.4) is 0 Å². The van der Waals surface area contributed by atoms with Gasteiger partial charge in [-0.25, -0.2) is 8.78 Å². The minimum absolute atomic E-state index is 0.0814. The number of hydrogen-bond acceptors (Lipinski definition) is 3. The van der Waals surface area contributed by atoms with Crippen molar-refractivity contribution in [2.24, 2.45) is 5.73 Å². The Morgan fingerprint density at radius 2 is 2.20 bits per heavy atom. The van der Waals surface area contributed by atoms with Gasteiger partial charge >= 0.3 is 0 Å². The van der Waals surface area contributed by atoms with Crippen LogP contribution in [0.1, 0.15) is 18.4 Å². The normalized spacial score (nSPS) is 22.0. The average molecular weight is 284 g/mol. The Bertz CT molecular complexity index is 496. The van der Waals surface area contributed by atoms with Crippen LogP contribution in [0.15, 0.2) is 18.2 Å². The molecular weight excluding hydrogens is 266 g/mol. The van der Waals surface area contributed by atoms with E-state index in [1.165, 1.54) is 17.0 Å². The molecule has 0 aromatic heterocycles. The zero-order valence-electron chi connectivity index (χ0n) is 11.3. The molecule has 0 radical (unpaired) electrons. The van der Waals surface area contributed by atoms with Crippen molar-refractivity contribution in [1.82, 2.24) is 4.90 Å². The molecule has 1 aromatic rings. The lowest BCUT2D eigenvalue weighted by atomic mass is 10.1. The molecule has 1 aliphatic heterocycles. The van der Waals surface area contributed by atoms with Crippen LogP contribution in [0.2, 0.25) is 0 Å². The van der Waals surface area contributed by atoms with E-state index in [-0.39, 0.29) is 24.1 Å². The Morgan fingerprint density at radius 1 is 1.45 bits per heavy atom. The maximum Gasteiger partial charge on any atom is 0.251 e. The minimum Gasteiger partial charge on any atom is -0.364 e. The maximum atomic E-state index is 13.5. The summed E-state index contributed by atoms with van der Waals surface area (Å²) in [6.45, 7) is 0.470. The fourth-order valence-corrected chi connectivity index (χ4v) is 2.29. The lowest BCUT2D eigenvalue weighted by Gasteiger charge is -2.21. The van der Waals surface area contributed by atoms with Gasteiger partial charge in [0.1, 0.15) is 17.7 Å². The molecule has 2 N–H and O–H groups in total. The summed E-state index contributed by atoms with van der Waals surface area (Å²) < 4.78 is 31.9. The number of benzene rings is 1. The summed E-state index contributed by atoms with van der Waals surface area (Å²) in [7, 11) is 1.57. The summed E-state index contributed by atoms with van der Waals surface area (Å²) in [5.74, 6) is -1.49. The fourth-order valence-electron chi connectivity index (χ4n) is 2.29. The van der Waals surface area contributed by atoms with E-state index in [0.717, 1.165) is 12.5 Å². The molecule has 20 heavy (non-hydrogen) atoms. The van der Waals surface area contributed by atoms with Crippen LogP contribution >= 0.6 is 0 Å². The number of amides is 1. The number of halogens is 2. The molecule has 110 valence electrons. The monoisotopic (exact) mass is 284 g/mol. The van der Waals surface area contributed by atoms with Gasteiger partial charge < -0.3 is 15.4 Å². The van der Waals surface area contributed by atoms with Gasteiger partial charge in [0.25, 0.3) is 5.91 Å². The zero-order valence-corrected chi connectivity index (χ0v) is 11.3. The standard InChI is InChI=1S/C14H18F2N2O2/c1-18(8-9-2-3-10(15)6-12(9)16)14(19)13-5-4-11(7-17)20-13/h2-3,6,11,13H,4-5,7-8,17H2,1H3. The lowest BCUT2D eigenvalue weighted by Crippen LogP contribution is -2.36. The molecule has 0 spiro atoms. The van der Waals surface area contributed by atoms with Gasteiger partial charge in [-0.2, -0.15) is 0 Å². The van der Waals surface area contributed by atoms with Crippen molar-refractivity contribution in [1.29, 1.82) is 0 Å². The molecule has 1 aromatic carbocycles. The van der Waals surface area contributed by atoms with Crippen LogP contribution < -0.4 is 5.73 Å². The van der Waals surface area contributed by atoms with Crippen LogP contribution in [-0.4, -0.2) is 36.6 Å². The van der Waals surface area contributed by atoms with Crippen LogP contribution in [0.5, 0.6) is 0 Å². The van der Waals surface area contributed by atoms with E-state index in [0.29, 0.717) is 13.0 Å². The summed E-state index contributed by atoms with van der Waals surface area (Å²) in [6.07, 6.45) is 0.778. The molecule has 6 heteroatoms. The first-order chi connectivity index (χ1) is 9.51. The van der Waals surface area contributed by atoms with Crippen LogP contribution in [0.25, 0.3) is 0 Å². The third-order valence-electron chi connectivity index (χ3n) is 3.44. The van der Waals surface area contributed by atoms with Crippen molar-refractivity contribution in [3.05, 3.63) is 35.4 Å². The first-order valence-corrected chi connectivity index (χ1v) is 6.55. The lowest BCUT2D eigenvalue weighted by molar-refractivity contribution is -0.141. The van der Waals surface area contributed by atoms with Gasteiger partial charge in [-0.1, -0.05) is 6.07 Å². The largest absolute Gasteiger partial charge is 0.364 e. The number of rotatable bonds is 4. The number of hydrogen-bond donors (Lipinski definition) is 1. The average Bonchev–Trinajstić information content (AvgIpc) is 2.89. The van der Waals surface area contributed by atoms with E-state index < -0.39 is 17.7 Å². The quantitative estimate of drug-likeness (QED) is 0.910. The molecule has 0 saturated carbocycles. The second kappa shape index (κ2) is 6.28. The minimum atomic E-state index is -0.656. The number of nitrogens with zero attached hydrogens (tertiary/aromatic N) is 1. The summed E-state index contributed by atoms with van der Waals surface area (Å²) >= 11 is 0. The second-order valence-corrected chi connectivity index (χ2v) is 4.99. The van der Waals surface area contributed by atoms with Crippen molar-refractivity contribution >= 4 is 5.91 Å².